The molecular formula is C17H18ClN3O2. The summed E-state index contributed by atoms with van der Waals surface area (Å²) in [5, 5.41) is 7.52. The quantitative estimate of drug-likeness (QED) is 0.604. The van der Waals surface area contributed by atoms with Crippen LogP contribution in [0.15, 0.2) is 53.6 Å². The molecule has 0 fully saturated rings. The molecule has 0 saturated carbocycles. The maximum atomic E-state index is 11.7. The molecule has 0 aliphatic rings. The number of nitrogens with one attached hydrogen (secondary N) is 2. The highest BCUT2D eigenvalue weighted by molar-refractivity contribution is 6.30. The zero-order valence-corrected chi connectivity index (χ0v) is 13.5. The summed E-state index contributed by atoms with van der Waals surface area (Å²) < 4.78 is 5.35. The molecule has 2 rings (SSSR count). The highest BCUT2D eigenvalue weighted by Crippen LogP contribution is 2.15. The molecular weight excluding hydrogens is 314 g/mol. The van der Waals surface area contributed by atoms with E-state index in [1.54, 1.807) is 18.3 Å². The van der Waals surface area contributed by atoms with Gasteiger partial charge in [0.05, 0.1) is 19.4 Å². The van der Waals surface area contributed by atoms with E-state index in [4.69, 9.17) is 16.3 Å². The Bertz CT molecular complexity index is 672. The van der Waals surface area contributed by atoms with Crippen LogP contribution < -0.4 is 15.5 Å². The maximum absolute atomic E-state index is 11.7. The standard InChI is InChI=1S/C17H18ClN3O2/c1-2-23-16-8-6-15(7-9-16)19-12-17(22)21-20-11-13-4-3-5-14(18)10-13/h3-11,19H,2,12H2,1H3,(H,21,22)/b20-11-. The summed E-state index contributed by atoms with van der Waals surface area (Å²) in [4.78, 5) is 11.7. The molecule has 0 saturated heterocycles. The van der Waals surface area contributed by atoms with Gasteiger partial charge in [-0.1, -0.05) is 23.7 Å². The van der Waals surface area contributed by atoms with E-state index in [-0.39, 0.29) is 12.5 Å². The molecule has 1 amide bonds. The molecule has 120 valence electrons. The van der Waals surface area contributed by atoms with E-state index in [1.807, 2.05) is 43.3 Å². The van der Waals surface area contributed by atoms with Crippen molar-refractivity contribution in [2.45, 2.75) is 6.92 Å². The van der Waals surface area contributed by atoms with E-state index in [9.17, 15) is 4.79 Å². The molecule has 0 unspecified atom stereocenters. The average Bonchev–Trinajstić information content (AvgIpc) is 2.55. The van der Waals surface area contributed by atoms with Crippen molar-refractivity contribution in [1.82, 2.24) is 5.43 Å². The minimum absolute atomic E-state index is 0.126. The van der Waals surface area contributed by atoms with Crippen molar-refractivity contribution in [3.63, 3.8) is 0 Å². The van der Waals surface area contributed by atoms with Crippen LogP contribution in [0.3, 0.4) is 0 Å². The third kappa shape index (κ3) is 6.00. The predicted octanol–water partition coefficient (Wildman–Crippen LogP) is 3.30. The van der Waals surface area contributed by atoms with Crippen LogP contribution in [0.25, 0.3) is 0 Å². The van der Waals surface area contributed by atoms with Crippen LogP contribution in [0, 0.1) is 0 Å². The molecule has 0 bridgehead atoms. The van der Waals surface area contributed by atoms with Gasteiger partial charge in [-0.25, -0.2) is 5.43 Å². The van der Waals surface area contributed by atoms with E-state index in [0.717, 1.165) is 17.0 Å². The second kappa shape index (κ2) is 8.80. The monoisotopic (exact) mass is 331 g/mol. The van der Waals surface area contributed by atoms with Gasteiger partial charge in [0.2, 0.25) is 0 Å². The first-order valence-electron chi connectivity index (χ1n) is 7.21. The van der Waals surface area contributed by atoms with Crippen molar-refractivity contribution < 1.29 is 9.53 Å². The van der Waals surface area contributed by atoms with E-state index >= 15 is 0 Å². The number of carbonyl (C=O) groups is 1. The lowest BCUT2D eigenvalue weighted by Gasteiger charge is -2.07. The smallest absolute Gasteiger partial charge is 0.259 e. The van der Waals surface area contributed by atoms with Crippen molar-refractivity contribution in [2.24, 2.45) is 5.10 Å². The predicted molar refractivity (Wildman–Crippen MR) is 93.3 cm³/mol. The molecule has 0 aromatic heterocycles. The number of hydrogen-bond acceptors (Lipinski definition) is 4. The summed E-state index contributed by atoms with van der Waals surface area (Å²) in [6, 6.07) is 14.6. The van der Waals surface area contributed by atoms with Crippen molar-refractivity contribution in [1.29, 1.82) is 0 Å². The van der Waals surface area contributed by atoms with E-state index in [1.165, 1.54) is 0 Å². The number of hydrazone groups is 1. The van der Waals surface area contributed by atoms with Crippen LogP contribution in [-0.2, 0) is 4.79 Å². The van der Waals surface area contributed by atoms with Gasteiger partial charge in [-0.05, 0) is 48.9 Å². The van der Waals surface area contributed by atoms with Gasteiger partial charge in [-0.15, -0.1) is 0 Å². The van der Waals surface area contributed by atoms with Gasteiger partial charge < -0.3 is 10.1 Å². The zero-order chi connectivity index (χ0) is 16.5. The number of benzene rings is 2. The third-order valence-corrected chi connectivity index (χ3v) is 3.11. The highest BCUT2D eigenvalue weighted by atomic mass is 35.5. The fourth-order valence-corrected chi connectivity index (χ4v) is 2.02. The maximum Gasteiger partial charge on any atom is 0.259 e. The SMILES string of the molecule is CCOc1ccc(NCC(=O)N/N=C\c2cccc(Cl)c2)cc1. The van der Waals surface area contributed by atoms with Crippen LogP contribution in [0.1, 0.15) is 12.5 Å². The van der Waals surface area contributed by atoms with Crippen LogP contribution in [0.4, 0.5) is 5.69 Å². The lowest BCUT2D eigenvalue weighted by atomic mass is 10.2. The Morgan fingerprint density at radius 2 is 2.04 bits per heavy atom. The van der Waals surface area contributed by atoms with Crippen molar-refractivity contribution >= 4 is 29.4 Å². The summed E-state index contributed by atoms with van der Waals surface area (Å²) in [6.45, 7) is 2.68. The van der Waals surface area contributed by atoms with E-state index < -0.39 is 0 Å². The number of carbonyl (C=O) groups excluding carboxylic acids is 1. The summed E-state index contributed by atoms with van der Waals surface area (Å²) in [7, 11) is 0. The highest BCUT2D eigenvalue weighted by Gasteiger charge is 2.00. The summed E-state index contributed by atoms with van der Waals surface area (Å²) in [5.74, 6) is 0.561. The van der Waals surface area contributed by atoms with Gasteiger partial charge in [-0.3, -0.25) is 4.79 Å². The molecule has 0 heterocycles. The Morgan fingerprint density at radius 1 is 1.26 bits per heavy atom. The Kier molecular flexibility index (Phi) is 6.44. The number of nitrogens with zero attached hydrogens (tertiary/aromatic N) is 1. The first-order valence-corrected chi connectivity index (χ1v) is 7.59. The minimum Gasteiger partial charge on any atom is -0.494 e. The van der Waals surface area contributed by atoms with Crippen molar-refractivity contribution in [2.75, 3.05) is 18.5 Å². The van der Waals surface area contributed by atoms with Gasteiger partial charge in [0, 0.05) is 10.7 Å². The molecule has 0 radical (unpaired) electrons. The lowest BCUT2D eigenvalue weighted by Crippen LogP contribution is -2.25. The number of halogens is 1. The Balaban J connectivity index is 1.76. The van der Waals surface area contributed by atoms with Gasteiger partial charge in [-0.2, -0.15) is 5.10 Å². The second-order valence-corrected chi connectivity index (χ2v) is 5.10. The summed E-state index contributed by atoms with van der Waals surface area (Å²) in [5.41, 5.74) is 4.11. The molecule has 0 aliphatic heterocycles. The number of rotatable bonds is 7. The van der Waals surface area contributed by atoms with Crippen molar-refractivity contribution in [3.05, 3.63) is 59.1 Å². The molecule has 23 heavy (non-hydrogen) atoms. The summed E-state index contributed by atoms with van der Waals surface area (Å²) >= 11 is 5.87. The number of ether oxygens (including phenoxy) is 1. The van der Waals surface area contributed by atoms with Gasteiger partial charge in [0.1, 0.15) is 5.75 Å². The lowest BCUT2D eigenvalue weighted by molar-refractivity contribution is -0.119. The molecule has 0 atom stereocenters. The Labute approximate surface area is 140 Å². The second-order valence-electron chi connectivity index (χ2n) is 4.66. The number of anilines is 1. The van der Waals surface area contributed by atoms with Gasteiger partial charge >= 0.3 is 0 Å². The van der Waals surface area contributed by atoms with Crippen LogP contribution >= 0.6 is 11.6 Å². The van der Waals surface area contributed by atoms with E-state index in [0.29, 0.717) is 11.6 Å². The normalized spacial score (nSPS) is 10.5. The Hall–Kier alpha value is -2.53. The van der Waals surface area contributed by atoms with Crippen LogP contribution in [0.5, 0.6) is 5.75 Å². The molecule has 2 aromatic rings. The van der Waals surface area contributed by atoms with Gasteiger partial charge in [0.15, 0.2) is 0 Å². The van der Waals surface area contributed by atoms with Gasteiger partial charge in [0.25, 0.3) is 5.91 Å². The van der Waals surface area contributed by atoms with Crippen LogP contribution in [0.2, 0.25) is 5.02 Å². The third-order valence-electron chi connectivity index (χ3n) is 2.87. The molecule has 5 nitrogen and oxygen atoms in total. The summed E-state index contributed by atoms with van der Waals surface area (Å²) in [6.07, 6.45) is 1.54. The van der Waals surface area contributed by atoms with E-state index in [2.05, 4.69) is 15.8 Å². The molecule has 2 aromatic carbocycles. The number of amides is 1. The topological polar surface area (TPSA) is 62.7 Å². The fourth-order valence-electron chi connectivity index (χ4n) is 1.82. The Morgan fingerprint density at radius 3 is 2.74 bits per heavy atom. The zero-order valence-electron chi connectivity index (χ0n) is 12.8. The van der Waals surface area contributed by atoms with Crippen molar-refractivity contribution in [3.8, 4) is 5.75 Å². The number of hydrogen-bond donors (Lipinski definition) is 2. The molecule has 0 spiro atoms. The molecule has 2 N–H and O–H groups in total. The molecule has 0 aliphatic carbocycles. The largest absolute Gasteiger partial charge is 0.494 e. The first kappa shape index (κ1) is 16.8. The minimum atomic E-state index is -0.239. The van der Waals surface area contributed by atoms with Crippen LogP contribution in [-0.4, -0.2) is 25.3 Å². The first-order chi connectivity index (χ1) is 11.2. The average molecular weight is 332 g/mol. The molecule has 6 heteroatoms. The fraction of sp³-hybridized carbons (Fsp3) is 0.176.